The molecule has 4 nitrogen and oxygen atoms in total. The van der Waals surface area contributed by atoms with Crippen LogP contribution in [0.25, 0.3) is 0 Å². The molecule has 6 heteroatoms. The molecular weight excluding hydrogens is 280 g/mol. The molecule has 0 saturated heterocycles. The van der Waals surface area contributed by atoms with Gasteiger partial charge in [0.2, 0.25) is 10.0 Å². The van der Waals surface area contributed by atoms with Crippen LogP contribution in [-0.2, 0) is 10.0 Å². The van der Waals surface area contributed by atoms with Gasteiger partial charge in [-0.15, -0.1) is 0 Å². The number of primary sulfonamides is 1. The summed E-state index contributed by atoms with van der Waals surface area (Å²) in [6.07, 6.45) is 0. The second kappa shape index (κ2) is 6.15. The molecule has 0 aliphatic rings. The summed E-state index contributed by atoms with van der Waals surface area (Å²) in [5.41, 5.74) is 0.772. The average molecular weight is 302 g/mol. The Morgan fingerprint density at radius 1 is 1.37 bits per heavy atom. The molecule has 3 N–H and O–H groups in total. The van der Waals surface area contributed by atoms with Gasteiger partial charge in [-0.25, -0.2) is 13.6 Å². The maximum atomic E-state index is 11.3. The normalized spacial score (nSPS) is 14.2. The van der Waals surface area contributed by atoms with Gasteiger partial charge in [0.25, 0.3) is 0 Å². The van der Waals surface area contributed by atoms with Gasteiger partial charge in [-0.3, -0.25) is 0 Å². The number of hydrogen-bond acceptors (Lipinski definition) is 4. The van der Waals surface area contributed by atoms with Gasteiger partial charge in [-0.2, -0.15) is 11.8 Å². The minimum Gasteiger partial charge on any atom is -0.382 e. The fourth-order valence-electron chi connectivity index (χ4n) is 1.46. The first-order valence-electron chi connectivity index (χ1n) is 6.11. The Balaban J connectivity index is 2.67. The highest BCUT2D eigenvalue weighted by Crippen LogP contribution is 2.24. The van der Waals surface area contributed by atoms with Gasteiger partial charge < -0.3 is 5.32 Å². The van der Waals surface area contributed by atoms with Crippen molar-refractivity contribution in [3.63, 3.8) is 0 Å². The fourth-order valence-corrected chi connectivity index (χ4v) is 2.86. The lowest BCUT2D eigenvalue weighted by molar-refractivity contribution is 0.598. The summed E-state index contributed by atoms with van der Waals surface area (Å²) in [6, 6.07) is 6.83. The van der Waals surface area contributed by atoms with E-state index in [0.717, 1.165) is 11.4 Å². The van der Waals surface area contributed by atoms with Crippen LogP contribution < -0.4 is 10.5 Å². The zero-order valence-corrected chi connectivity index (χ0v) is 13.4. The Kier molecular flexibility index (Phi) is 5.29. The standard InChI is InChI=1S/C13H22N2O2S2/c1-10(9-18-13(2,3)4)15-11-6-5-7-12(8-11)19(14,16)17/h5-8,10,15H,9H2,1-4H3,(H2,14,16,17). The van der Waals surface area contributed by atoms with Crippen molar-refractivity contribution in [2.24, 2.45) is 5.14 Å². The molecule has 0 fully saturated rings. The van der Waals surface area contributed by atoms with Crippen molar-refractivity contribution in [3.05, 3.63) is 24.3 Å². The van der Waals surface area contributed by atoms with E-state index in [9.17, 15) is 8.42 Å². The lowest BCUT2D eigenvalue weighted by Crippen LogP contribution is -2.22. The highest BCUT2D eigenvalue weighted by molar-refractivity contribution is 8.00. The number of nitrogens with one attached hydrogen (secondary N) is 1. The molecule has 1 atom stereocenters. The first kappa shape index (κ1) is 16.3. The molecule has 0 heterocycles. The van der Waals surface area contributed by atoms with E-state index >= 15 is 0 Å². The third-order valence-electron chi connectivity index (χ3n) is 2.34. The number of nitrogens with two attached hydrogens (primary N) is 1. The summed E-state index contributed by atoms with van der Waals surface area (Å²) in [5, 5.41) is 8.40. The first-order valence-corrected chi connectivity index (χ1v) is 8.64. The van der Waals surface area contributed by atoms with Gasteiger partial charge in [0, 0.05) is 22.2 Å². The SMILES string of the molecule is CC(CSC(C)(C)C)Nc1cccc(S(N)(=O)=O)c1. The van der Waals surface area contributed by atoms with Crippen LogP contribution in [0.2, 0.25) is 0 Å². The lowest BCUT2D eigenvalue weighted by Gasteiger charge is -2.22. The van der Waals surface area contributed by atoms with Crippen molar-refractivity contribution in [1.29, 1.82) is 0 Å². The number of thioether (sulfide) groups is 1. The smallest absolute Gasteiger partial charge is 0.238 e. The Morgan fingerprint density at radius 3 is 2.53 bits per heavy atom. The summed E-state index contributed by atoms with van der Waals surface area (Å²) >= 11 is 1.87. The summed E-state index contributed by atoms with van der Waals surface area (Å²) < 4.78 is 22.8. The third kappa shape index (κ3) is 6.31. The van der Waals surface area contributed by atoms with E-state index in [1.54, 1.807) is 12.1 Å². The van der Waals surface area contributed by atoms with Crippen LogP contribution in [0.1, 0.15) is 27.7 Å². The van der Waals surface area contributed by atoms with Crippen LogP contribution in [-0.4, -0.2) is 25.0 Å². The molecule has 0 saturated carbocycles. The summed E-state index contributed by atoms with van der Waals surface area (Å²) in [5.74, 6) is 0.948. The van der Waals surface area contributed by atoms with E-state index in [-0.39, 0.29) is 15.7 Å². The van der Waals surface area contributed by atoms with Gasteiger partial charge in [0.15, 0.2) is 0 Å². The molecule has 0 spiro atoms. The number of sulfonamides is 1. The summed E-state index contributed by atoms with van der Waals surface area (Å²) in [4.78, 5) is 0.133. The highest BCUT2D eigenvalue weighted by Gasteiger charge is 2.13. The zero-order valence-electron chi connectivity index (χ0n) is 11.8. The van der Waals surface area contributed by atoms with Gasteiger partial charge in [-0.05, 0) is 25.1 Å². The lowest BCUT2D eigenvalue weighted by atomic mass is 10.3. The van der Waals surface area contributed by atoms with Crippen molar-refractivity contribution >= 4 is 27.5 Å². The van der Waals surface area contributed by atoms with Crippen LogP contribution in [0, 0.1) is 0 Å². The molecule has 0 aliphatic carbocycles. The van der Waals surface area contributed by atoms with Crippen molar-refractivity contribution in [3.8, 4) is 0 Å². The second-order valence-electron chi connectivity index (χ2n) is 5.54. The molecule has 0 aromatic heterocycles. The van der Waals surface area contributed by atoms with Gasteiger partial charge >= 0.3 is 0 Å². The predicted molar refractivity (Wildman–Crippen MR) is 83.1 cm³/mol. The van der Waals surface area contributed by atoms with Gasteiger partial charge in [-0.1, -0.05) is 26.8 Å². The maximum Gasteiger partial charge on any atom is 0.238 e. The van der Waals surface area contributed by atoms with E-state index in [0.29, 0.717) is 0 Å². The van der Waals surface area contributed by atoms with Crippen molar-refractivity contribution in [2.75, 3.05) is 11.1 Å². The third-order valence-corrected chi connectivity index (χ3v) is 4.79. The first-order chi connectivity index (χ1) is 8.58. The summed E-state index contributed by atoms with van der Waals surface area (Å²) in [6.45, 7) is 8.59. The van der Waals surface area contributed by atoms with E-state index in [2.05, 4.69) is 33.0 Å². The van der Waals surface area contributed by atoms with E-state index < -0.39 is 10.0 Å². The molecular formula is C13H22N2O2S2. The minimum atomic E-state index is -3.64. The Labute approximate surface area is 120 Å². The average Bonchev–Trinajstić information content (AvgIpc) is 2.25. The Hall–Kier alpha value is -0.720. The number of anilines is 1. The zero-order chi connectivity index (χ0) is 14.7. The Bertz CT molecular complexity index is 522. The molecule has 108 valence electrons. The fraction of sp³-hybridized carbons (Fsp3) is 0.538. The van der Waals surface area contributed by atoms with E-state index in [1.807, 2.05) is 17.8 Å². The molecule has 0 radical (unpaired) electrons. The van der Waals surface area contributed by atoms with Crippen molar-refractivity contribution in [2.45, 2.75) is 43.4 Å². The van der Waals surface area contributed by atoms with Crippen molar-refractivity contribution < 1.29 is 8.42 Å². The van der Waals surface area contributed by atoms with Gasteiger partial charge in [0.1, 0.15) is 0 Å². The molecule has 0 bridgehead atoms. The van der Waals surface area contributed by atoms with Crippen LogP contribution in [0.15, 0.2) is 29.2 Å². The highest BCUT2D eigenvalue weighted by atomic mass is 32.2. The van der Waals surface area contributed by atoms with Crippen LogP contribution in [0.3, 0.4) is 0 Å². The van der Waals surface area contributed by atoms with Crippen LogP contribution in [0.4, 0.5) is 5.69 Å². The molecule has 1 aromatic rings. The van der Waals surface area contributed by atoms with Crippen LogP contribution in [0.5, 0.6) is 0 Å². The van der Waals surface area contributed by atoms with E-state index in [4.69, 9.17) is 5.14 Å². The molecule has 0 amide bonds. The van der Waals surface area contributed by atoms with Crippen molar-refractivity contribution in [1.82, 2.24) is 0 Å². The quantitative estimate of drug-likeness (QED) is 0.877. The minimum absolute atomic E-state index is 0.133. The second-order valence-corrected chi connectivity index (χ2v) is 8.95. The molecule has 19 heavy (non-hydrogen) atoms. The Morgan fingerprint density at radius 2 is 2.00 bits per heavy atom. The molecule has 1 aromatic carbocycles. The number of benzene rings is 1. The predicted octanol–water partition coefficient (Wildman–Crippen LogP) is 2.67. The number of rotatable bonds is 5. The van der Waals surface area contributed by atoms with Crippen LogP contribution >= 0.6 is 11.8 Å². The molecule has 0 aliphatic heterocycles. The monoisotopic (exact) mass is 302 g/mol. The molecule has 1 unspecified atom stereocenters. The number of hydrogen-bond donors (Lipinski definition) is 2. The maximum absolute atomic E-state index is 11.3. The largest absolute Gasteiger partial charge is 0.382 e. The van der Waals surface area contributed by atoms with E-state index in [1.165, 1.54) is 6.07 Å². The molecule has 1 rings (SSSR count). The van der Waals surface area contributed by atoms with Gasteiger partial charge in [0.05, 0.1) is 4.90 Å². The topological polar surface area (TPSA) is 72.2 Å². The summed E-state index contributed by atoms with van der Waals surface area (Å²) in [7, 11) is -3.64.